The standard InChI is InChI=1S/C57H68FN11O8S/c1-32(2)53(57(73)68-30-39(70)23-48(68)56(72)62-33(3)43-12-9-35(21-45(43)58)54-34(4)61-31-78-54)50-27-52(65-77-50)74-20-19-66-17-14-40(15-18-66)75-41-24-42(25-41)76-51-22-36(13-16-60-51)69-37-10-11-38(69)29-67(28-37)47-26-46(63-64-55(47)59)44-7-5-6-8-49(44)71/h5-9,12-13,16,21-22,26-27,31-33,37-42,48,53,70-71H,10-11,14-15,17-20,23-25,28-30H2,1-4H3,(H2,59,64)(H,62,72)/t33-,37?,38?,39+,41?,42?,48-,53-/m0/s1. The molecule has 4 saturated heterocycles. The van der Waals surface area contributed by atoms with E-state index in [1.54, 1.807) is 36.7 Å². The van der Waals surface area contributed by atoms with E-state index < -0.39 is 35.8 Å². The summed E-state index contributed by atoms with van der Waals surface area (Å²) in [4.78, 5) is 46.3. The highest BCUT2D eigenvalue weighted by molar-refractivity contribution is 7.13. The summed E-state index contributed by atoms with van der Waals surface area (Å²) in [7, 11) is 0. The van der Waals surface area contributed by atoms with Crippen molar-refractivity contribution in [2.24, 2.45) is 5.92 Å². The average molecular weight is 1090 g/mol. The molecule has 412 valence electrons. The summed E-state index contributed by atoms with van der Waals surface area (Å²) in [5.74, 6) is -0.573. The molecule has 2 bridgehead atoms. The smallest absolute Gasteiger partial charge is 0.254 e. The number of phenolic OH excluding ortho intramolecular Hbond substituents is 1. The third-order valence-electron chi connectivity index (χ3n) is 16.2. The lowest BCUT2D eigenvalue weighted by Gasteiger charge is -2.43. The topological polar surface area (TPSA) is 231 Å². The van der Waals surface area contributed by atoms with Gasteiger partial charge in [0.05, 0.1) is 51.8 Å². The number of rotatable bonds is 18. The number of anilines is 3. The number of aromatic nitrogens is 5. The van der Waals surface area contributed by atoms with Crippen molar-refractivity contribution in [1.82, 2.24) is 40.4 Å². The van der Waals surface area contributed by atoms with Gasteiger partial charge in [-0.3, -0.25) is 14.5 Å². The second-order valence-electron chi connectivity index (χ2n) is 21.8. The molecule has 4 aliphatic heterocycles. The van der Waals surface area contributed by atoms with Crippen molar-refractivity contribution in [2.45, 2.75) is 127 Å². The molecule has 0 spiro atoms. The van der Waals surface area contributed by atoms with Gasteiger partial charge in [-0.25, -0.2) is 14.4 Å². The van der Waals surface area contributed by atoms with Gasteiger partial charge in [0.15, 0.2) is 11.6 Å². The number of ether oxygens (including phenoxy) is 3. The molecule has 6 atom stereocenters. The summed E-state index contributed by atoms with van der Waals surface area (Å²) in [6.45, 7) is 11.7. The van der Waals surface area contributed by atoms with Gasteiger partial charge in [0, 0.05) is 106 Å². The van der Waals surface area contributed by atoms with Crippen molar-refractivity contribution in [2.75, 3.05) is 61.4 Å². The number of amides is 2. The Morgan fingerprint density at radius 2 is 1.69 bits per heavy atom. The molecule has 8 heterocycles. The summed E-state index contributed by atoms with van der Waals surface area (Å²) in [6.07, 6.45) is 6.94. The molecule has 78 heavy (non-hydrogen) atoms. The van der Waals surface area contributed by atoms with Gasteiger partial charge in [-0.15, -0.1) is 21.5 Å². The number of carbonyl (C=O) groups excluding carboxylic acids is 2. The third-order valence-corrected chi connectivity index (χ3v) is 17.2. The van der Waals surface area contributed by atoms with Crippen LogP contribution in [0.1, 0.15) is 94.7 Å². The Morgan fingerprint density at radius 3 is 2.42 bits per heavy atom. The second kappa shape index (κ2) is 22.8. The number of hydrogen-bond donors (Lipinski definition) is 4. The molecule has 1 saturated carbocycles. The Bertz CT molecular complexity index is 3080. The zero-order chi connectivity index (χ0) is 54.2. The fourth-order valence-corrected chi connectivity index (χ4v) is 12.8. The highest BCUT2D eigenvalue weighted by Gasteiger charge is 2.45. The molecular weight excluding hydrogens is 1020 g/mol. The van der Waals surface area contributed by atoms with Crippen LogP contribution in [0, 0.1) is 18.7 Å². The van der Waals surface area contributed by atoms with Gasteiger partial charge in [-0.05, 0) is 86.5 Å². The summed E-state index contributed by atoms with van der Waals surface area (Å²) in [5.41, 5.74) is 13.1. The zero-order valence-electron chi connectivity index (χ0n) is 44.4. The minimum Gasteiger partial charge on any atom is -0.507 e. The van der Waals surface area contributed by atoms with Gasteiger partial charge in [-0.2, -0.15) is 0 Å². The first-order valence-corrected chi connectivity index (χ1v) is 28.1. The van der Waals surface area contributed by atoms with E-state index in [1.165, 1.54) is 22.3 Å². The van der Waals surface area contributed by atoms with Crippen LogP contribution in [0.5, 0.6) is 17.5 Å². The van der Waals surface area contributed by atoms with Crippen molar-refractivity contribution in [1.29, 1.82) is 0 Å². The highest BCUT2D eigenvalue weighted by atomic mass is 32.1. The number of fused-ring (bicyclic) bond motifs is 2. The lowest BCUT2D eigenvalue weighted by molar-refractivity contribution is -0.141. The van der Waals surface area contributed by atoms with Crippen LogP contribution in [0.15, 0.2) is 83.0 Å². The molecule has 2 aromatic carbocycles. The van der Waals surface area contributed by atoms with E-state index in [4.69, 9.17) is 24.5 Å². The number of nitrogens with one attached hydrogen (secondary N) is 1. The maximum Gasteiger partial charge on any atom is 0.254 e. The fourth-order valence-electron chi connectivity index (χ4n) is 12.0. The summed E-state index contributed by atoms with van der Waals surface area (Å²) >= 11 is 1.43. The van der Waals surface area contributed by atoms with Crippen LogP contribution < -0.4 is 30.3 Å². The van der Waals surface area contributed by atoms with E-state index in [0.29, 0.717) is 53.0 Å². The van der Waals surface area contributed by atoms with Crippen molar-refractivity contribution in [3.05, 3.63) is 101 Å². The number of aliphatic hydroxyl groups is 1. The van der Waals surface area contributed by atoms with Gasteiger partial charge in [0.1, 0.15) is 36.2 Å². The third kappa shape index (κ3) is 11.3. The number of phenols is 1. The molecule has 2 unspecified atom stereocenters. The minimum absolute atomic E-state index is 0.0222. The SMILES string of the molecule is Cc1ncsc1-c1ccc([C@H](C)NC(=O)[C@@H]2C[C@@H](O)CN2C(=O)[C@H](c2cc(OCCN3CCC(OC4CC(Oc5cc(N6C7CCC6CN(c6cc(-c8ccccc8O)nnc6N)C7)ccn5)C4)CC3)no2)C(C)C)c(F)c1. The number of para-hydroxylation sites is 1. The number of piperidine rings is 1. The number of thiazole rings is 1. The number of aryl methyl sites for hydroxylation is 1. The van der Waals surface area contributed by atoms with Crippen LogP contribution in [-0.4, -0.2) is 146 Å². The van der Waals surface area contributed by atoms with Crippen molar-refractivity contribution >= 4 is 40.3 Å². The normalized spacial score (nSPS) is 23.3. The highest BCUT2D eigenvalue weighted by Crippen LogP contribution is 2.41. The fraction of sp³-hybridized carbons (Fsp3) is 0.491. The predicted octanol–water partition coefficient (Wildman–Crippen LogP) is 7.29. The second-order valence-corrected chi connectivity index (χ2v) is 22.7. The van der Waals surface area contributed by atoms with E-state index in [-0.39, 0.29) is 66.8 Å². The molecule has 1 aliphatic carbocycles. The Balaban J connectivity index is 0.604. The molecule has 2 amide bonds. The molecule has 5 aliphatic rings. The molecule has 5 N–H and O–H groups in total. The summed E-state index contributed by atoms with van der Waals surface area (Å²) in [5, 5.41) is 36.7. The van der Waals surface area contributed by atoms with E-state index >= 15 is 4.39 Å². The molecule has 19 nitrogen and oxygen atoms in total. The number of likely N-dealkylation sites (tertiary alicyclic amines) is 2. The van der Waals surface area contributed by atoms with E-state index in [1.807, 2.05) is 51.2 Å². The van der Waals surface area contributed by atoms with Gasteiger partial charge < -0.3 is 54.7 Å². The number of benzene rings is 2. The number of nitrogen functional groups attached to an aromatic ring is 1. The molecule has 6 aromatic rings. The van der Waals surface area contributed by atoms with Crippen LogP contribution in [0.2, 0.25) is 0 Å². The van der Waals surface area contributed by atoms with Crippen LogP contribution >= 0.6 is 11.3 Å². The predicted molar refractivity (Wildman–Crippen MR) is 292 cm³/mol. The molecular formula is C57H68FN11O8S. The number of halogens is 1. The Kier molecular flexibility index (Phi) is 15.5. The number of aliphatic hydroxyl groups excluding tert-OH is 1. The number of carbonyl (C=O) groups is 2. The number of nitrogens with zero attached hydrogens (tertiary/aromatic N) is 9. The maximum atomic E-state index is 15.4. The van der Waals surface area contributed by atoms with Gasteiger partial charge in [0.2, 0.25) is 17.7 Å². The first-order chi connectivity index (χ1) is 37.7. The Hall–Kier alpha value is -6.94. The van der Waals surface area contributed by atoms with Crippen molar-refractivity contribution < 1.29 is 42.9 Å². The minimum atomic E-state index is -0.956. The average Bonchev–Trinajstić information content (AvgIpc) is 4.28. The van der Waals surface area contributed by atoms with Crippen LogP contribution in [-0.2, 0) is 14.3 Å². The number of aromatic hydroxyl groups is 1. The molecule has 0 radical (unpaired) electrons. The van der Waals surface area contributed by atoms with Crippen molar-refractivity contribution in [3.63, 3.8) is 0 Å². The quantitative estimate of drug-likeness (QED) is 0.0662. The van der Waals surface area contributed by atoms with Gasteiger partial charge in [0.25, 0.3) is 5.88 Å². The summed E-state index contributed by atoms with van der Waals surface area (Å²) < 4.78 is 40.1. The number of pyridine rings is 1. The lowest BCUT2D eigenvalue weighted by atomic mass is 9.91. The maximum absolute atomic E-state index is 15.4. The van der Waals surface area contributed by atoms with E-state index in [0.717, 1.165) is 86.6 Å². The number of β-amino-alcohol motifs (C(OH)–C–C–N with tert-alkyl or cyclic N) is 1. The molecule has 11 rings (SSSR count). The Morgan fingerprint density at radius 1 is 0.910 bits per heavy atom. The first kappa shape index (κ1) is 53.1. The Labute approximate surface area is 456 Å². The van der Waals surface area contributed by atoms with Crippen LogP contribution in [0.25, 0.3) is 21.7 Å². The van der Waals surface area contributed by atoms with Gasteiger partial charge >= 0.3 is 0 Å². The van der Waals surface area contributed by atoms with Gasteiger partial charge in [-0.1, -0.05) is 38.1 Å². The zero-order valence-corrected chi connectivity index (χ0v) is 45.2. The molecule has 5 fully saturated rings. The lowest BCUT2D eigenvalue weighted by Crippen LogP contribution is -2.54. The van der Waals surface area contributed by atoms with Crippen LogP contribution in [0.3, 0.4) is 0 Å². The molecule has 21 heteroatoms. The van der Waals surface area contributed by atoms with Crippen molar-refractivity contribution in [3.8, 4) is 39.2 Å². The number of nitrogens with two attached hydrogens (primary N) is 1. The molecule has 4 aromatic heterocycles. The first-order valence-electron chi connectivity index (χ1n) is 27.3. The van der Waals surface area contributed by atoms with E-state index in [2.05, 4.69) is 57.5 Å². The number of piperazine rings is 1. The van der Waals surface area contributed by atoms with Crippen LogP contribution in [0.4, 0.5) is 21.6 Å². The summed E-state index contributed by atoms with van der Waals surface area (Å²) in [6, 6.07) is 18.6. The largest absolute Gasteiger partial charge is 0.507 e. The monoisotopic (exact) mass is 1090 g/mol. The number of hydrogen-bond acceptors (Lipinski definition) is 18. The van der Waals surface area contributed by atoms with E-state index in [9.17, 15) is 19.8 Å².